The molecule has 0 saturated carbocycles. The number of fused-ring (bicyclic) bond motifs is 1. The molecule has 3 nitrogen and oxygen atoms in total. The van der Waals surface area contributed by atoms with Crippen molar-refractivity contribution >= 4 is 12.4 Å². The fraction of sp³-hybridized carbons (Fsp3) is 0.600. The molecule has 1 unspecified atom stereocenters. The lowest BCUT2D eigenvalue weighted by molar-refractivity contribution is 0.171. The van der Waals surface area contributed by atoms with Crippen LogP contribution >= 0.6 is 12.4 Å². The van der Waals surface area contributed by atoms with Crippen molar-refractivity contribution in [1.29, 1.82) is 0 Å². The summed E-state index contributed by atoms with van der Waals surface area (Å²) < 4.78 is 5.55. The maximum atomic E-state index is 5.79. The van der Waals surface area contributed by atoms with Crippen molar-refractivity contribution in [3.8, 4) is 5.75 Å². The Morgan fingerprint density at radius 2 is 2.26 bits per heavy atom. The topological polar surface area (TPSA) is 38.5 Å². The van der Waals surface area contributed by atoms with E-state index in [9.17, 15) is 0 Å². The molecule has 2 N–H and O–H groups in total. The van der Waals surface area contributed by atoms with Gasteiger partial charge in [-0.05, 0) is 49.0 Å². The molecule has 0 amide bonds. The van der Waals surface area contributed by atoms with Crippen molar-refractivity contribution in [3.63, 3.8) is 0 Å². The number of hydrogen-bond acceptors (Lipinski definition) is 3. The highest BCUT2D eigenvalue weighted by atomic mass is 35.5. The molecule has 1 aromatic carbocycles. The summed E-state index contributed by atoms with van der Waals surface area (Å²) in [5.41, 5.74) is 8.58. The normalized spacial score (nSPS) is 22.5. The van der Waals surface area contributed by atoms with E-state index in [1.165, 1.54) is 30.5 Å². The van der Waals surface area contributed by atoms with Crippen LogP contribution in [0.3, 0.4) is 0 Å². The molecule has 19 heavy (non-hydrogen) atoms. The molecule has 106 valence electrons. The Morgan fingerprint density at radius 1 is 1.37 bits per heavy atom. The first-order chi connectivity index (χ1) is 8.85. The van der Waals surface area contributed by atoms with Gasteiger partial charge in [-0.1, -0.05) is 12.1 Å². The lowest BCUT2D eigenvalue weighted by Crippen LogP contribution is -2.37. The molecule has 4 heteroatoms. The predicted molar refractivity (Wildman–Crippen MR) is 79.9 cm³/mol. The summed E-state index contributed by atoms with van der Waals surface area (Å²) in [6.45, 7) is 5.10. The van der Waals surface area contributed by atoms with E-state index in [1.807, 2.05) is 0 Å². The molecule has 0 spiro atoms. The summed E-state index contributed by atoms with van der Waals surface area (Å²) in [6.07, 6.45) is 3.65. The molecule has 1 saturated heterocycles. The maximum Gasteiger partial charge on any atom is 0.122 e. The zero-order valence-electron chi connectivity index (χ0n) is 11.3. The first-order valence-corrected chi connectivity index (χ1v) is 7.02. The molecular formula is C15H23ClN2O. The van der Waals surface area contributed by atoms with Gasteiger partial charge in [-0.2, -0.15) is 0 Å². The smallest absolute Gasteiger partial charge is 0.122 e. The van der Waals surface area contributed by atoms with Crippen LogP contribution in [0.25, 0.3) is 0 Å². The van der Waals surface area contributed by atoms with Gasteiger partial charge in [0.15, 0.2) is 0 Å². The zero-order chi connectivity index (χ0) is 12.4. The zero-order valence-corrected chi connectivity index (χ0v) is 12.1. The Morgan fingerprint density at radius 3 is 3.11 bits per heavy atom. The van der Waals surface area contributed by atoms with Crippen LogP contribution in [0.1, 0.15) is 24.0 Å². The Bertz CT molecular complexity index is 425. The van der Waals surface area contributed by atoms with E-state index in [4.69, 9.17) is 10.5 Å². The van der Waals surface area contributed by atoms with Crippen molar-refractivity contribution in [1.82, 2.24) is 4.90 Å². The van der Waals surface area contributed by atoms with E-state index >= 15 is 0 Å². The summed E-state index contributed by atoms with van der Waals surface area (Å²) in [7, 11) is 0. The number of ether oxygens (including phenoxy) is 1. The second-order valence-corrected chi connectivity index (χ2v) is 5.52. The summed E-state index contributed by atoms with van der Waals surface area (Å²) in [4.78, 5) is 2.54. The number of rotatable bonds is 3. The number of nitrogens with zero attached hydrogens (tertiary/aromatic N) is 1. The van der Waals surface area contributed by atoms with Crippen LogP contribution in [-0.4, -0.2) is 31.1 Å². The van der Waals surface area contributed by atoms with E-state index in [-0.39, 0.29) is 12.4 Å². The highest BCUT2D eigenvalue weighted by Gasteiger charge is 2.19. The minimum atomic E-state index is 0. The maximum absolute atomic E-state index is 5.79. The summed E-state index contributed by atoms with van der Waals surface area (Å²) in [5.74, 6) is 1.77. The SMILES string of the molecule is Cl.NCC1CCCN(Cc2ccc3c(c2)CCO3)C1. The summed E-state index contributed by atoms with van der Waals surface area (Å²) in [6, 6.07) is 6.65. The highest BCUT2D eigenvalue weighted by Crippen LogP contribution is 2.27. The third kappa shape index (κ3) is 3.41. The summed E-state index contributed by atoms with van der Waals surface area (Å²) >= 11 is 0. The molecule has 1 fully saturated rings. The average molecular weight is 283 g/mol. The van der Waals surface area contributed by atoms with Crippen molar-refractivity contribution in [2.45, 2.75) is 25.8 Å². The molecule has 2 aliphatic rings. The van der Waals surface area contributed by atoms with E-state index in [0.717, 1.165) is 38.4 Å². The first-order valence-electron chi connectivity index (χ1n) is 7.02. The quantitative estimate of drug-likeness (QED) is 0.924. The summed E-state index contributed by atoms with van der Waals surface area (Å²) in [5, 5.41) is 0. The number of halogens is 1. The van der Waals surface area contributed by atoms with Crippen LogP contribution in [0.5, 0.6) is 5.75 Å². The monoisotopic (exact) mass is 282 g/mol. The Kier molecular flexibility index (Phi) is 5.08. The van der Waals surface area contributed by atoms with Gasteiger partial charge in [0.05, 0.1) is 6.61 Å². The lowest BCUT2D eigenvalue weighted by Gasteiger charge is -2.32. The van der Waals surface area contributed by atoms with Gasteiger partial charge in [0, 0.05) is 19.5 Å². The van der Waals surface area contributed by atoms with Crippen molar-refractivity contribution in [2.75, 3.05) is 26.2 Å². The van der Waals surface area contributed by atoms with Gasteiger partial charge in [0.1, 0.15) is 5.75 Å². The Balaban J connectivity index is 0.00000133. The standard InChI is InChI=1S/C15H22N2O.ClH/c16-9-13-2-1-6-17(11-13)10-12-3-4-15-14(8-12)5-7-18-15;/h3-4,8,13H,1-2,5-7,9-11,16H2;1H. The Hall–Kier alpha value is -0.770. The van der Waals surface area contributed by atoms with Gasteiger partial charge < -0.3 is 10.5 Å². The van der Waals surface area contributed by atoms with Crippen LogP contribution in [-0.2, 0) is 13.0 Å². The largest absolute Gasteiger partial charge is 0.493 e. The highest BCUT2D eigenvalue weighted by molar-refractivity contribution is 5.85. The minimum Gasteiger partial charge on any atom is -0.493 e. The van der Waals surface area contributed by atoms with E-state index in [1.54, 1.807) is 0 Å². The first kappa shape index (κ1) is 14.6. The third-order valence-corrected chi connectivity index (χ3v) is 4.10. The van der Waals surface area contributed by atoms with E-state index in [2.05, 4.69) is 23.1 Å². The Labute approximate surface area is 121 Å². The molecule has 0 aliphatic carbocycles. The van der Waals surface area contributed by atoms with Crippen molar-refractivity contribution in [3.05, 3.63) is 29.3 Å². The third-order valence-electron chi connectivity index (χ3n) is 4.10. The molecule has 2 heterocycles. The van der Waals surface area contributed by atoms with Gasteiger partial charge in [0.2, 0.25) is 0 Å². The van der Waals surface area contributed by atoms with Gasteiger partial charge in [-0.3, -0.25) is 4.90 Å². The fourth-order valence-electron chi connectivity index (χ4n) is 3.08. The molecule has 3 rings (SSSR count). The van der Waals surface area contributed by atoms with Gasteiger partial charge in [-0.25, -0.2) is 0 Å². The minimum absolute atomic E-state index is 0. The number of piperidine rings is 1. The second kappa shape index (κ2) is 6.60. The molecule has 0 bridgehead atoms. The molecule has 2 aliphatic heterocycles. The van der Waals surface area contributed by atoms with Crippen molar-refractivity contribution in [2.24, 2.45) is 11.7 Å². The number of benzene rings is 1. The predicted octanol–water partition coefficient (Wildman–Crippen LogP) is 2.21. The number of likely N-dealkylation sites (tertiary alicyclic amines) is 1. The van der Waals surface area contributed by atoms with Crippen molar-refractivity contribution < 1.29 is 4.74 Å². The van der Waals surface area contributed by atoms with E-state index in [0.29, 0.717) is 5.92 Å². The number of nitrogens with two attached hydrogens (primary N) is 1. The average Bonchev–Trinajstić information content (AvgIpc) is 2.86. The van der Waals surface area contributed by atoms with Gasteiger partial charge >= 0.3 is 0 Å². The van der Waals surface area contributed by atoms with Gasteiger partial charge in [-0.15, -0.1) is 12.4 Å². The molecular weight excluding hydrogens is 260 g/mol. The molecule has 1 aromatic rings. The van der Waals surface area contributed by atoms with Crippen LogP contribution in [0.4, 0.5) is 0 Å². The molecule has 1 atom stereocenters. The lowest BCUT2D eigenvalue weighted by atomic mass is 9.97. The van der Waals surface area contributed by atoms with Crippen LogP contribution < -0.4 is 10.5 Å². The van der Waals surface area contributed by atoms with Crippen LogP contribution in [0, 0.1) is 5.92 Å². The van der Waals surface area contributed by atoms with E-state index < -0.39 is 0 Å². The van der Waals surface area contributed by atoms with Crippen LogP contribution in [0.2, 0.25) is 0 Å². The van der Waals surface area contributed by atoms with Crippen LogP contribution in [0.15, 0.2) is 18.2 Å². The fourth-order valence-corrected chi connectivity index (χ4v) is 3.08. The molecule has 0 aromatic heterocycles. The van der Waals surface area contributed by atoms with Gasteiger partial charge in [0.25, 0.3) is 0 Å². The molecule has 0 radical (unpaired) electrons. The second-order valence-electron chi connectivity index (χ2n) is 5.52. The number of hydrogen-bond donors (Lipinski definition) is 1.